The van der Waals surface area contributed by atoms with Gasteiger partial charge in [-0.3, -0.25) is 18.6 Å². The number of carbonyl (C=O) groups excluding carboxylic acids is 1. The van der Waals surface area contributed by atoms with E-state index in [-0.39, 0.29) is 28.2 Å². The number of H-pyrrole nitrogens is 1. The van der Waals surface area contributed by atoms with Gasteiger partial charge in [-0.2, -0.15) is 0 Å². The van der Waals surface area contributed by atoms with Gasteiger partial charge in [-0.25, -0.2) is 9.49 Å². The zero-order valence-electron chi connectivity index (χ0n) is 18.8. The summed E-state index contributed by atoms with van der Waals surface area (Å²) in [5.74, 6) is 0.725. The smallest absolute Gasteiger partial charge is 0.262 e. The molecule has 1 fully saturated rings. The summed E-state index contributed by atoms with van der Waals surface area (Å²) < 4.78 is 17.2. The van der Waals surface area contributed by atoms with E-state index < -0.39 is 5.82 Å². The number of aromatic nitrogens is 4. The number of halogens is 1. The van der Waals surface area contributed by atoms with Crippen LogP contribution in [-0.4, -0.2) is 31.6 Å². The van der Waals surface area contributed by atoms with E-state index in [2.05, 4.69) is 36.3 Å². The molecule has 1 aliphatic carbocycles. The van der Waals surface area contributed by atoms with Crippen molar-refractivity contribution in [3.05, 3.63) is 39.1 Å². The Kier molecular flexibility index (Phi) is 6.20. The van der Waals surface area contributed by atoms with Gasteiger partial charge in [0, 0.05) is 19.0 Å². The predicted molar refractivity (Wildman–Crippen MR) is 125 cm³/mol. The minimum atomic E-state index is -0.482. The van der Waals surface area contributed by atoms with Crippen molar-refractivity contribution in [1.82, 2.24) is 24.5 Å². The highest BCUT2D eigenvalue weighted by Gasteiger charge is 2.32. The molecule has 0 unspecified atom stereocenters. The highest BCUT2D eigenvalue weighted by molar-refractivity contribution is 7.71. The minimum absolute atomic E-state index is 0.0661. The minimum Gasteiger partial charge on any atom is -0.356 e. The van der Waals surface area contributed by atoms with Gasteiger partial charge >= 0.3 is 0 Å². The normalized spacial score (nSPS) is 19.5. The van der Waals surface area contributed by atoms with Gasteiger partial charge in [0.1, 0.15) is 5.82 Å². The maximum absolute atomic E-state index is 13.8. The maximum Gasteiger partial charge on any atom is 0.262 e. The van der Waals surface area contributed by atoms with Gasteiger partial charge in [0.15, 0.2) is 0 Å². The van der Waals surface area contributed by atoms with Crippen LogP contribution in [0, 0.1) is 27.8 Å². The maximum atomic E-state index is 13.8. The van der Waals surface area contributed by atoms with E-state index in [1.165, 1.54) is 22.8 Å². The van der Waals surface area contributed by atoms with Gasteiger partial charge < -0.3 is 5.32 Å². The molecule has 0 atom stereocenters. The number of hydrogen-bond donors (Lipinski definition) is 2. The van der Waals surface area contributed by atoms with Crippen molar-refractivity contribution in [1.29, 1.82) is 0 Å². The molecule has 7 nitrogen and oxygen atoms in total. The van der Waals surface area contributed by atoms with E-state index in [9.17, 15) is 14.0 Å². The van der Waals surface area contributed by atoms with E-state index in [0.717, 1.165) is 25.7 Å². The van der Waals surface area contributed by atoms with Crippen LogP contribution in [0.5, 0.6) is 0 Å². The molecule has 1 aromatic carbocycles. The Hall–Kier alpha value is -2.55. The van der Waals surface area contributed by atoms with Crippen molar-refractivity contribution < 1.29 is 9.18 Å². The molecule has 2 aromatic heterocycles. The average molecular weight is 460 g/mol. The zero-order valence-corrected chi connectivity index (χ0v) is 19.6. The summed E-state index contributed by atoms with van der Waals surface area (Å²) in [5.41, 5.74) is 0.478. The third-order valence-electron chi connectivity index (χ3n) is 6.75. The van der Waals surface area contributed by atoms with Gasteiger partial charge in [-0.1, -0.05) is 20.8 Å². The fraction of sp³-hybridized carbons (Fsp3) is 0.565. The molecular weight excluding hydrogens is 429 g/mol. The number of rotatable bonds is 5. The fourth-order valence-corrected chi connectivity index (χ4v) is 5.04. The Morgan fingerprint density at radius 1 is 1.28 bits per heavy atom. The van der Waals surface area contributed by atoms with Crippen LogP contribution in [0.3, 0.4) is 0 Å². The van der Waals surface area contributed by atoms with Crippen molar-refractivity contribution in [2.75, 3.05) is 6.54 Å². The van der Waals surface area contributed by atoms with E-state index in [0.29, 0.717) is 41.5 Å². The molecule has 3 aromatic rings. The Labute approximate surface area is 191 Å². The highest BCUT2D eigenvalue weighted by Crippen LogP contribution is 2.39. The zero-order chi connectivity index (χ0) is 23.0. The summed E-state index contributed by atoms with van der Waals surface area (Å²) in [5, 5.41) is 10.2. The van der Waals surface area contributed by atoms with Crippen LogP contribution >= 0.6 is 12.2 Å². The van der Waals surface area contributed by atoms with E-state index in [1.807, 2.05) is 0 Å². The Morgan fingerprint density at radius 2 is 2.00 bits per heavy atom. The number of aryl methyl sites for hydroxylation is 1. The lowest BCUT2D eigenvalue weighted by molar-refractivity contribution is -0.126. The lowest BCUT2D eigenvalue weighted by atomic mass is 9.69. The van der Waals surface area contributed by atoms with E-state index in [1.54, 1.807) is 4.40 Å². The number of amides is 1. The van der Waals surface area contributed by atoms with Crippen molar-refractivity contribution in [2.24, 2.45) is 17.3 Å². The summed E-state index contributed by atoms with van der Waals surface area (Å²) >= 11 is 5.30. The van der Waals surface area contributed by atoms with Crippen LogP contribution < -0.4 is 10.9 Å². The van der Waals surface area contributed by atoms with Crippen molar-refractivity contribution in [3.8, 4) is 0 Å². The third-order valence-corrected chi connectivity index (χ3v) is 7.03. The second kappa shape index (κ2) is 8.77. The largest absolute Gasteiger partial charge is 0.356 e. The molecule has 4 rings (SSSR count). The molecule has 2 heterocycles. The summed E-state index contributed by atoms with van der Waals surface area (Å²) in [4.78, 5) is 25.6. The molecule has 0 spiro atoms. The lowest BCUT2D eigenvalue weighted by Crippen LogP contribution is -2.36. The number of benzene rings is 1. The first-order chi connectivity index (χ1) is 15.2. The highest BCUT2D eigenvalue weighted by atomic mass is 32.1. The number of nitrogens with one attached hydrogen (secondary N) is 2. The second-order valence-corrected chi connectivity index (χ2v) is 10.2. The Balaban J connectivity index is 1.42. The molecule has 2 N–H and O–H groups in total. The van der Waals surface area contributed by atoms with Crippen LogP contribution in [0.4, 0.5) is 4.39 Å². The van der Waals surface area contributed by atoms with Gasteiger partial charge in [-0.15, -0.1) is 5.10 Å². The van der Waals surface area contributed by atoms with E-state index in [4.69, 9.17) is 12.2 Å². The van der Waals surface area contributed by atoms with Gasteiger partial charge in [0.05, 0.1) is 10.9 Å². The Bertz CT molecular complexity index is 1260. The second-order valence-electron chi connectivity index (χ2n) is 9.84. The van der Waals surface area contributed by atoms with Gasteiger partial charge in [0.25, 0.3) is 5.56 Å². The topological polar surface area (TPSA) is 84.2 Å². The van der Waals surface area contributed by atoms with Crippen LogP contribution in [0.25, 0.3) is 16.7 Å². The molecule has 0 bridgehead atoms. The molecule has 0 radical (unpaired) electrons. The molecule has 0 aliphatic heterocycles. The average Bonchev–Trinajstić information content (AvgIpc) is 3.14. The fourth-order valence-electron chi connectivity index (χ4n) is 4.81. The molecule has 172 valence electrons. The van der Waals surface area contributed by atoms with Gasteiger partial charge in [0.2, 0.25) is 16.5 Å². The third kappa shape index (κ3) is 4.35. The van der Waals surface area contributed by atoms with E-state index >= 15 is 0 Å². The number of fused-ring (bicyclic) bond motifs is 3. The SMILES string of the molecule is CC(C)(C)C1CCC(C(=O)NCCCn2c(=O)c3cc(F)ccc3n3c(=S)[nH]nc23)CC1. The first kappa shape index (κ1) is 22.6. The van der Waals surface area contributed by atoms with Crippen molar-refractivity contribution in [3.63, 3.8) is 0 Å². The standard InChI is InChI=1S/C23H30FN5O2S/c1-23(2,3)15-7-5-14(6-8-15)19(30)25-11-4-12-28-20(31)17-13-16(24)9-10-18(17)29-21(28)26-27-22(29)32/h9-10,13-15H,4-8,11-12H2,1-3H3,(H,25,30)(H,27,32). The number of carbonyl (C=O) groups is 1. The molecule has 1 amide bonds. The lowest BCUT2D eigenvalue weighted by Gasteiger charge is -2.36. The molecule has 1 saturated carbocycles. The summed E-state index contributed by atoms with van der Waals surface area (Å²) in [6.07, 6.45) is 4.58. The molecule has 0 saturated heterocycles. The monoisotopic (exact) mass is 459 g/mol. The summed E-state index contributed by atoms with van der Waals surface area (Å²) in [6.45, 7) is 7.61. The summed E-state index contributed by atoms with van der Waals surface area (Å²) in [7, 11) is 0. The first-order valence-electron chi connectivity index (χ1n) is 11.2. The molecular formula is C23H30FN5O2S. The number of aromatic amines is 1. The molecule has 1 aliphatic rings. The van der Waals surface area contributed by atoms with Crippen LogP contribution in [0.1, 0.15) is 52.9 Å². The van der Waals surface area contributed by atoms with Crippen LogP contribution in [0.15, 0.2) is 23.0 Å². The Morgan fingerprint density at radius 3 is 2.69 bits per heavy atom. The van der Waals surface area contributed by atoms with Crippen molar-refractivity contribution >= 4 is 34.8 Å². The predicted octanol–water partition coefficient (Wildman–Crippen LogP) is 4.20. The molecule has 9 heteroatoms. The van der Waals surface area contributed by atoms with Crippen molar-refractivity contribution in [2.45, 2.75) is 59.4 Å². The number of nitrogens with zero attached hydrogens (tertiary/aromatic N) is 3. The van der Waals surface area contributed by atoms with Crippen LogP contribution in [-0.2, 0) is 11.3 Å². The van der Waals surface area contributed by atoms with Gasteiger partial charge in [-0.05, 0) is 73.9 Å². The summed E-state index contributed by atoms with van der Waals surface area (Å²) in [6, 6.07) is 4.05. The van der Waals surface area contributed by atoms with Crippen LogP contribution in [0.2, 0.25) is 0 Å². The molecule has 32 heavy (non-hydrogen) atoms. The first-order valence-corrected chi connectivity index (χ1v) is 11.6. The number of hydrogen-bond acceptors (Lipinski definition) is 4. The quantitative estimate of drug-likeness (QED) is 0.442.